The lowest BCUT2D eigenvalue weighted by Crippen LogP contribution is -2.31. The van der Waals surface area contributed by atoms with Gasteiger partial charge in [0.1, 0.15) is 0 Å². The summed E-state index contributed by atoms with van der Waals surface area (Å²) in [7, 11) is 1.98. The SMILES string of the molecule is Cc1ccc(NCCN(C)CC(C)O)c2c(=O)c3ccccc3sc12.Cl. The lowest BCUT2D eigenvalue weighted by atomic mass is 10.1. The molecule has 0 amide bonds. The number of likely N-dealkylation sites (N-methyl/N-ethyl adjacent to an activating group) is 1. The summed E-state index contributed by atoms with van der Waals surface area (Å²) in [6.07, 6.45) is -0.341. The molecule has 0 aliphatic carbocycles. The fourth-order valence-corrected chi connectivity index (χ4v) is 4.27. The van der Waals surface area contributed by atoms with Crippen LogP contribution in [-0.4, -0.2) is 42.8 Å². The number of fused-ring (bicyclic) bond motifs is 2. The zero-order chi connectivity index (χ0) is 18.0. The molecule has 0 bridgehead atoms. The molecule has 0 aliphatic rings. The van der Waals surface area contributed by atoms with E-state index in [4.69, 9.17) is 0 Å². The minimum Gasteiger partial charge on any atom is -0.392 e. The smallest absolute Gasteiger partial charge is 0.197 e. The molecule has 0 saturated heterocycles. The van der Waals surface area contributed by atoms with E-state index in [0.29, 0.717) is 6.54 Å². The standard InChI is InChI=1S/C20H24N2O2S.ClH/c1-13-8-9-16(21-10-11-22(3)12-14(2)23)18-19(24)15-6-4-5-7-17(15)25-20(13)18;/h4-9,14,21,23H,10-12H2,1-3H3;1H. The minimum atomic E-state index is -0.341. The molecule has 26 heavy (non-hydrogen) atoms. The predicted molar refractivity (Wildman–Crippen MR) is 115 cm³/mol. The Kier molecular flexibility index (Phi) is 7.01. The van der Waals surface area contributed by atoms with Crippen LogP contribution in [0, 0.1) is 6.92 Å². The Morgan fingerprint density at radius 3 is 2.69 bits per heavy atom. The van der Waals surface area contributed by atoms with Gasteiger partial charge in [0, 0.05) is 40.1 Å². The summed E-state index contributed by atoms with van der Waals surface area (Å²) in [6, 6.07) is 11.8. The first kappa shape index (κ1) is 20.6. The average Bonchev–Trinajstić information content (AvgIpc) is 2.57. The number of nitrogens with one attached hydrogen (secondary N) is 1. The van der Waals surface area contributed by atoms with Crippen LogP contribution in [0.1, 0.15) is 12.5 Å². The number of nitrogens with zero attached hydrogens (tertiary/aromatic N) is 1. The largest absolute Gasteiger partial charge is 0.392 e. The van der Waals surface area contributed by atoms with Gasteiger partial charge in [-0.05, 0) is 44.7 Å². The van der Waals surface area contributed by atoms with Crippen molar-refractivity contribution in [1.29, 1.82) is 0 Å². The van der Waals surface area contributed by atoms with Crippen molar-refractivity contribution in [3.63, 3.8) is 0 Å². The molecule has 0 aliphatic heterocycles. The first-order valence-electron chi connectivity index (χ1n) is 8.53. The maximum Gasteiger partial charge on any atom is 0.197 e. The maximum absolute atomic E-state index is 13.0. The molecule has 3 aromatic rings. The molecule has 0 saturated carbocycles. The van der Waals surface area contributed by atoms with Gasteiger partial charge in [-0.1, -0.05) is 18.2 Å². The first-order chi connectivity index (χ1) is 12.0. The number of hydrogen-bond donors (Lipinski definition) is 2. The summed E-state index contributed by atoms with van der Waals surface area (Å²) in [4.78, 5) is 15.1. The Hall–Kier alpha value is -1.66. The van der Waals surface area contributed by atoms with Crippen LogP contribution in [0.3, 0.4) is 0 Å². The number of hydrogen-bond acceptors (Lipinski definition) is 5. The highest BCUT2D eigenvalue weighted by molar-refractivity contribution is 7.24. The van der Waals surface area contributed by atoms with Crippen molar-refractivity contribution in [2.45, 2.75) is 20.0 Å². The van der Waals surface area contributed by atoms with Gasteiger partial charge in [0.25, 0.3) is 0 Å². The second-order valence-corrected chi connectivity index (χ2v) is 7.65. The number of aliphatic hydroxyl groups is 1. The van der Waals surface area contributed by atoms with Gasteiger partial charge in [-0.15, -0.1) is 23.7 Å². The quantitative estimate of drug-likeness (QED) is 0.625. The van der Waals surface area contributed by atoms with Crippen molar-refractivity contribution in [3.05, 3.63) is 52.2 Å². The maximum atomic E-state index is 13.0. The van der Waals surface area contributed by atoms with E-state index in [1.165, 1.54) is 0 Å². The van der Waals surface area contributed by atoms with E-state index in [-0.39, 0.29) is 23.9 Å². The molecule has 1 atom stereocenters. The van der Waals surface area contributed by atoms with E-state index in [2.05, 4.69) is 16.3 Å². The van der Waals surface area contributed by atoms with Crippen LogP contribution in [0.5, 0.6) is 0 Å². The molecule has 1 heterocycles. The second-order valence-electron chi connectivity index (χ2n) is 6.60. The normalized spacial score (nSPS) is 12.3. The van der Waals surface area contributed by atoms with E-state index >= 15 is 0 Å². The molecular formula is C20H25ClN2O2S. The number of aliphatic hydroxyl groups excluding tert-OH is 1. The van der Waals surface area contributed by atoms with Gasteiger partial charge >= 0.3 is 0 Å². The van der Waals surface area contributed by atoms with Crippen molar-refractivity contribution < 1.29 is 5.11 Å². The number of anilines is 1. The summed E-state index contributed by atoms with van der Waals surface area (Å²) in [6.45, 7) is 5.99. The molecule has 0 radical (unpaired) electrons. The van der Waals surface area contributed by atoms with E-state index < -0.39 is 0 Å². The van der Waals surface area contributed by atoms with Gasteiger partial charge in [0.15, 0.2) is 5.43 Å². The third-order valence-corrected chi connectivity index (χ3v) is 5.62. The average molecular weight is 393 g/mol. The van der Waals surface area contributed by atoms with E-state index in [1.807, 2.05) is 44.3 Å². The topological polar surface area (TPSA) is 52.6 Å². The molecule has 0 fully saturated rings. The van der Waals surface area contributed by atoms with Gasteiger partial charge in [0.2, 0.25) is 0 Å². The van der Waals surface area contributed by atoms with Gasteiger partial charge in [-0.2, -0.15) is 0 Å². The molecule has 0 spiro atoms. The monoisotopic (exact) mass is 392 g/mol. The van der Waals surface area contributed by atoms with Crippen LogP contribution in [0.2, 0.25) is 0 Å². The summed E-state index contributed by atoms with van der Waals surface area (Å²) in [5.74, 6) is 0. The lowest BCUT2D eigenvalue weighted by molar-refractivity contribution is 0.143. The molecule has 6 heteroatoms. The Labute approximate surface area is 163 Å². The molecule has 2 N–H and O–H groups in total. The van der Waals surface area contributed by atoms with Crippen LogP contribution < -0.4 is 10.7 Å². The zero-order valence-electron chi connectivity index (χ0n) is 15.3. The van der Waals surface area contributed by atoms with Crippen LogP contribution >= 0.6 is 23.7 Å². The van der Waals surface area contributed by atoms with E-state index in [9.17, 15) is 9.90 Å². The molecule has 3 rings (SSSR count). The predicted octanol–water partition coefficient (Wildman–Crippen LogP) is 3.87. The van der Waals surface area contributed by atoms with Gasteiger partial charge in [-0.3, -0.25) is 4.79 Å². The summed E-state index contributed by atoms with van der Waals surface area (Å²) < 4.78 is 2.07. The Balaban J connectivity index is 0.00000243. The third kappa shape index (κ3) is 4.35. The Morgan fingerprint density at radius 2 is 1.96 bits per heavy atom. The van der Waals surface area contributed by atoms with Gasteiger partial charge in [0.05, 0.1) is 11.5 Å². The zero-order valence-corrected chi connectivity index (χ0v) is 16.9. The summed E-state index contributed by atoms with van der Waals surface area (Å²) >= 11 is 1.67. The molecular weight excluding hydrogens is 368 g/mol. The van der Waals surface area contributed by atoms with Crippen molar-refractivity contribution in [1.82, 2.24) is 4.90 Å². The van der Waals surface area contributed by atoms with Crippen LogP contribution in [0.4, 0.5) is 5.69 Å². The minimum absolute atomic E-state index is 0. The number of aryl methyl sites for hydroxylation is 1. The number of rotatable bonds is 6. The summed E-state index contributed by atoms with van der Waals surface area (Å²) in [5, 5.41) is 14.4. The molecule has 2 aromatic carbocycles. The van der Waals surface area contributed by atoms with Crippen molar-refractivity contribution in [2.24, 2.45) is 0 Å². The van der Waals surface area contributed by atoms with Gasteiger partial charge < -0.3 is 15.3 Å². The van der Waals surface area contributed by atoms with Crippen LogP contribution in [0.25, 0.3) is 20.2 Å². The van der Waals surface area contributed by atoms with Crippen LogP contribution in [0.15, 0.2) is 41.2 Å². The fraction of sp³-hybridized carbons (Fsp3) is 0.350. The number of halogens is 1. The molecule has 1 unspecified atom stereocenters. The lowest BCUT2D eigenvalue weighted by Gasteiger charge is -2.19. The van der Waals surface area contributed by atoms with Gasteiger partial charge in [-0.25, -0.2) is 0 Å². The summed E-state index contributed by atoms with van der Waals surface area (Å²) in [5.41, 5.74) is 2.10. The third-order valence-electron chi connectivity index (χ3n) is 4.31. The number of benzene rings is 2. The van der Waals surface area contributed by atoms with Crippen LogP contribution in [-0.2, 0) is 0 Å². The highest BCUT2D eigenvalue weighted by Crippen LogP contribution is 2.31. The fourth-order valence-electron chi connectivity index (χ4n) is 3.10. The second kappa shape index (κ2) is 8.82. The van der Waals surface area contributed by atoms with Crippen molar-refractivity contribution >= 4 is 49.6 Å². The Morgan fingerprint density at radius 1 is 1.23 bits per heavy atom. The highest BCUT2D eigenvalue weighted by atomic mass is 35.5. The first-order valence-corrected chi connectivity index (χ1v) is 9.34. The van der Waals surface area contributed by atoms with E-state index in [1.54, 1.807) is 18.3 Å². The molecule has 140 valence electrons. The van der Waals surface area contributed by atoms with E-state index in [0.717, 1.165) is 44.5 Å². The molecule has 1 aromatic heterocycles. The van der Waals surface area contributed by atoms with Crippen molar-refractivity contribution in [2.75, 3.05) is 32.0 Å². The Bertz CT molecular complexity index is 956. The molecule has 4 nitrogen and oxygen atoms in total. The highest BCUT2D eigenvalue weighted by Gasteiger charge is 2.12. The van der Waals surface area contributed by atoms with Crippen molar-refractivity contribution in [3.8, 4) is 0 Å².